The van der Waals surface area contributed by atoms with Crippen molar-refractivity contribution in [2.24, 2.45) is 0 Å². The van der Waals surface area contributed by atoms with E-state index >= 15 is 0 Å². The van der Waals surface area contributed by atoms with E-state index in [9.17, 15) is 0 Å². The van der Waals surface area contributed by atoms with Crippen LogP contribution in [0.5, 0.6) is 0 Å². The molecule has 0 aliphatic carbocycles. The van der Waals surface area contributed by atoms with Gasteiger partial charge in [0.1, 0.15) is 0 Å². The summed E-state index contributed by atoms with van der Waals surface area (Å²) in [4.78, 5) is 0. The van der Waals surface area contributed by atoms with Gasteiger partial charge in [-0.25, -0.2) is 0 Å². The molecule has 0 unspecified atom stereocenters. The molecule has 20 heavy (non-hydrogen) atoms. The van der Waals surface area contributed by atoms with Crippen molar-refractivity contribution >= 4 is 37.5 Å². The van der Waals surface area contributed by atoms with E-state index in [0.717, 1.165) is 21.2 Å². The van der Waals surface area contributed by atoms with Gasteiger partial charge in [-0.3, -0.25) is 0 Å². The molecule has 0 aliphatic rings. The molecular weight excluding hydrogens is 382 g/mol. The molecular formula is C16H17Br2NO. The first-order valence-corrected chi connectivity index (χ1v) is 7.95. The largest absolute Gasteiger partial charge is 0.380 e. The molecule has 0 saturated carbocycles. The SMILES string of the molecule is COCc1cccc(CNc2c(Br)cc(C)cc2Br)c1. The van der Waals surface area contributed by atoms with E-state index in [0.29, 0.717) is 6.61 Å². The Balaban J connectivity index is 2.11. The minimum Gasteiger partial charge on any atom is -0.380 e. The molecule has 0 saturated heterocycles. The van der Waals surface area contributed by atoms with Crippen LogP contribution in [0.3, 0.4) is 0 Å². The first-order valence-electron chi connectivity index (χ1n) is 6.36. The Morgan fingerprint density at radius 1 is 1.05 bits per heavy atom. The van der Waals surface area contributed by atoms with E-state index < -0.39 is 0 Å². The van der Waals surface area contributed by atoms with Crippen molar-refractivity contribution in [1.29, 1.82) is 0 Å². The van der Waals surface area contributed by atoms with Crippen LogP contribution in [0.25, 0.3) is 0 Å². The number of aryl methyl sites for hydroxylation is 1. The molecule has 2 aromatic carbocycles. The molecule has 0 bridgehead atoms. The average Bonchev–Trinajstić information content (AvgIpc) is 2.38. The van der Waals surface area contributed by atoms with Crippen molar-refractivity contribution in [3.05, 3.63) is 62.0 Å². The first kappa shape index (κ1) is 15.5. The molecule has 0 heterocycles. The molecule has 0 amide bonds. The van der Waals surface area contributed by atoms with Gasteiger partial charge >= 0.3 is 0 Å². The molecule has 106 valence electrons. The van der Waals surface area contributed by atoms with Gasteiger partial charge in [-0.2, -0.15) is 0 Å². The number of anilines is 1. The maximum absolute atomic E-state index is 5.16. The zero-order chi connectivity index (χ0) is 14.5. The molecule has 0 radical (unpaired) electrons. The summed E-state index contributed by atoms with van der Waals surface area (Å²) in [5, 5.41) is 3.46. The lowest BCUT2D eigenvalue weighted by molar-refractivity contribution is 0.185. The Morgan fingerprint density at radius 3 is 2.35 bits per heavy atom. The zero-order valence-electron chi connectivity index (χ0n) is 11.5. The lowest BCUT2D eigenvalue weighted by Crippen LogP contribution is -2.02. The first-order chi connectivity index (χ1) is 9.60. The second kappa shape index (κ2) is 7.25. The van der Waals surface area contributed by atoms with Gasteiger partial charge < -0.3 is 10.1 Å². The highest BCUT2D eigenvalue weighted by atomic mass is 79.9. The van der Waals surface area contributed by atoms with Crippen molar-refractivity contribution in [3.63, 3.8) is 0 Å². The van der Waals surface area contributed by atoms with Gasteiger partial charge in [0.25, 0.3) is 0 Å². The molecule has 2 rings (SSSR count). The Bertz CT molecular complexity index is 576. The summed E-state index contributed by atoms with van der Waals surface area (Å²) in [7, 11) is 1.71. The van der Waals surface area contributed by atoms with E-state index in [2.05, 4.69) is 80.5 Å². The number of nitrogens with one attached hydrogen (secondary N) is 1. The third kappa shape index (κ3) is 4.08. The molecule has 0 spiro atoms. The third-order valence-corrected chi connectivity index (χ3v) is 4.21. The number of hydrogen-bond acceptors (Lipinski definition) is 2. The number of benzene rings is 2. The van der Waals surface area contributed by atoms with E-state index in [1.54, 1.807) is 7.11 Å². The number of ether oxygens (including phenoxy) is 1. The maximum atomic E-state index is 5.16. The van der Waals surface area contributed by atoms with Gasteiger partial charge in [0.15, 0.2) is 0 Å². The van der Waals surface area contributed by atoms with Crippen LogP contribution >= 0.6 is 31.9 Å². The van der Waals surface area contributed by atoms with Gasteiger partial charge in [-0.1, -0.05) is 24.3 Å². The molecule has 1 N–H and O–H groups in total. The summed E-state index contributed by atoms with van der Waals surface area (Å²) >= 11 is 7.20. The average molecular weight is 399 g/mol. The van der Waals surface area contributed by atoms with E-state index in [1.165, 1.54) is 16.7 Å². The maximum Gasteiger partial charge on any atom is 0.0713 e. The van der Waals surface area contributed by atoms with Crippen LogP contribution in [0.15, 0.2) is 45.3 Å². The van der Waals surface area contributed by atoms with Gasteiger partial charge in [0, 0.05) is 22.6 Å². The predicted molar refractivity (Wildman–Crippen MR) is 91.1 cm³/mol. The quantitative estimate of drug-likeness (QED) is 0.739. The third-order valence-electron chi connectivity index (χ3n) is 2.96. The molecule has 4 heteroatoms. The Labute approximate surface area is 136 Å². The molecule has 0 aromatic heterocycles. The molecule has 0 atom stereocenters. The van der Waals surface area contributed by atoms with Crippen LogP contribution in [0.1, 0.15) is 16.7 Å². The number of halogens is 2. The lowest BCUT2D eigenvalue weighted by atomic mass is 10.1. The highest BCUT2D eigenvalue weighted by molar-refractivity contribution is 9.11. The number of rotatable bonds is 5. The van der Waals surface area contributed by atoms with Gasteiger partial charge in [0.2, 0.25) is 0 Å². The normalized spacial score (nSPS) is 10.6. The molecule has 0 aliphatic heterocycles. The van der Waals surface area contributed by atoms with Crippen LogP contribution in [-0.2, 0) is 17.9 Å². The van der Waals surface area contributed by atoms with Crippen molar-refractivity contribution in [2.45, 2.75) is 20.1 Å². The summed E-state index contributed by atoms with van der Waals surface area (Å²) in [5.74, 6) is 0. The summed E-state index contributed by atoms with van der Waals surface area (Å²) in [6.07, 6.45) is 0. The van der Waals surface area contributed by atoms with Crippen molar-refractivity contribution in [2.75, 3.05) is 12.4 Å². The summed E-state index contributed by atoms with van der Waals surface area (Å²) in [5.41, 5.74) is 4.72. The topological polar surface area (TPSA) is 21.3 Å². The number of methoxy groups -OCH3 is 1. The summed E-state index contributed by atoms with van der Waals surface area (Å²) in [6, 6.07) is 12.6. The highest BCUT2D eigenvalue weighted by Gasteiger charge is 2.06. The van der Waals surface area contributed by atoms with Crippen LogP contribution in [0, 0.1) is 6.92 Å². The summed E-state index contributed by atoms with van der Waals surface area (Å²) < 4.78 is 7.30. The highest BCUT2D eigenvalue weighted by Crippen LogP contribution is 2.32. The number of hydrogen-bond donors (Lipinski definition) is 1. The van der Waals surface area contributed by atoms with Crippen molar-refractivity contribution in [3.8, 4) is 0 Å². The fourth-order valence-electron chi connectivity index (χ4n) is 2.06. The van der Waals surface area contributed by atoms with Crippen LogP contribution in [0.2, 0.25) is 0 Å². The summed E-state index contributed by atoms with van der Waals surface area (Å²) in [6.45, 7) is 3.50. The monoisotopic (exact) mass is 397 g/mol. The standard InChI is InChI=1S/C16H17Br2NO/c1-11-6-14(17)16(15(18)7-11)19-9-12-4-3-5-13(8-12)10-20-2/h3-8,19H,9-10H2,1-2H3. The van der Waals surface area contributed by atoms with Gasteiger partial charge in [0.05, 0.1) is 12.3 Å². The van der Waals surface area contributed by atoms with E-state index in [1.807, 2.05) is 0 Å². The predicted octanol–water partition coefficient (Wildman–Crippen LogP) is 5.28. The van der Waals surface area contributed by atoms with E-state index in [-0.39, 0.29) is 0 Å². The van der Waals surface area contributed by atoms with Crippen molar-refractivity contribution < 1.29 is 4.74 Å². The smallest absolute Gasteiger partial charge is 0.0713 e. The zero-order valence-corrected chi connectivity index (χ0v) is 14.7. The van der Waals surface area contributed by atoms with E-state index in [4.69, 9.17) is 4.74 Å². The molecule has 2 nitrogen and oxygen atoms in total. The fraction of sp³-hybridized carbons (Fsp3) is 0.250. The van der Waals surface area contributed by atoms with Gasteiger partial charge in [-0.05, 0) is 67.6 Å². The molecule has 0 fully saturated rings. The Kier molecular flexibility index (Phi) is 5.64. The Hall–Kier alpha value is -0.840. The second-order valence-electron chi connectivity index (χ2n) is 4.71. The second-order valence-corrected chi connectivity index (χ2v) is 6.42. The van der Waals surface area contributed by atoms with Crippen LogP contribution in [0.4, 0.5) is 5.69 Å². The van der Waals surface area contributed by atoms with Crippen LogP contribution in [-0.4, -0.2) is 7.11 Å². The van der Waals surface area contributed by atoms with Crippen LogP contribution < -0.4 is 5.32 Å². The lowest BCUT2D eigenvalue weighted by Gasteiger charge is -2.12. The fourth-order valence-corrected chi connectivity index (χ4v) is 3.75. The Morgan fingerprint density at radius 2 is 1.70 bits per heavy atom. The van der Waals surface area contributed by atoms with Crippen molar-refractivity contribution in [1.82, 2.24) is 0 Å². The molecule has 2 aromatic rings. The minimum absolute atomic E-state index is 0.645. The van der Waals surface area contributed by atoms with Gasteiger partial charge in [-0.15, -0.1) is 0 Å². The minimum atomic E-state index is 0.645.